The summed E-state index contributed by atoms with van der Waals surface area (Å²) in [5.41, 5.74) is -0.603. The van der Waals surface area contributed by atoms with Gasteiger partial charge in [-0.05, 0) is 31.0 Å². The van der Waals surface area contributed by atoms with Crippen LogP contribution in [-0.4, -0.2) is 15.2 Å². The van der Waals surface area contributed by atoms with Crippen LogP contribution >= 0.6 is 0 Å². The molecule has 0 bridgehead atoms. The number of benzene rings is 1. The van der Waals surface area contributed by atoms with Crippen LogP contribution in [0.15, 0.2) is 18.2 Å². The van der Waals surface area contributed by atoms with Crippen molar-refractivity contribution in [2.45, 2.75) is 33.0 Å². The number of rotatable bonds is 4. The zero-order chi connectivity index (χ0) is 17.2. The molecule has 1 heterocycles. The van der Waals surface area contributed by atoms with Crippen molar-refractivity contribution in [1.29, 1.82) is 5.26 Å². The van der Waals surface area contributed by atoms with E-state index in [0.29, 0.717) is 17.3 Å². The molecule has 0 fully saturated rings. The van der Waals surface area contributed by atoms with Gasteiger partial charge in [-0.2, -0.15) is 23.5 Å². The number of alkyl halides is 3. The number of halogens is 3. The van der Waals surface area contributed by atoms with E-state index in [9.17, 15) is 13.2 Å². The van der Waals surface area contributed by atoms with E-state index in [0.717, 1.165) is 12.1 Å². The molecule has 0 saturated heterocycles. The number of aromatic amines is 1. The van der Waals surface area contributed by atoms with Crippen molar-refractivity contribution in [1.82, 2.24) is 15.2 Å². The highest BCUT2D eigenvalue weighted by Crippen LogP contribution is 2.33. The van der Waals surface area contributed by atoms with Gasteiger partial charge in [0.15, 0.2) is 5.82 Å². The summed E-state index contributed by atoms with van der Waals surface area (Å²) in [5.74, 6) is 1.21. The maximum Gasteiger partial charge on any atom is 0.416 e. The molecule has 0 amide bonds. The molecule has 5 nitrogen and oxygen atoms in total. The summed E-state index contributed by atoms with van der Waals surface area (Å²) >= 11 is 0. The second-order valence-corrected chi connectivity index (χ2v) is 5.51. The standard InChI is InChI=1S/C15H16F3N5/c1-8(2)13(14-20-9(3)22-23-14)21-12-5-4-11(15(16,17)18)6-10(12)7-19/h4-6,8,13,21H,1-3H3,(H,20,22,23). The lowest BCUT2D eigenvalue weighted by molar-refractivity contribution is -0.137. The van der Waals surface area contributed by atoms with Crippen molar-refractivity contribution in [2.24, 2.45) is 5.92 Å². The van der Waals surface area contributed by atoms with Gasteiger partial charge in [0.1, 0.15) is 11.9 Å². The van der Waals surface area contributed by atoms with Crippen LogP contribution in [0.25, 0.3) is 0 Å². The molecular formula is C15H16F3N5. The molecule has 1 aromatic heterocycles. The maximum absolute atomic E-state index is 12.7. The van der Waals surface area contributed by atoms with E-state index in [1.807, 2.05) is 13.8 Å². The number of aryl methyl sites for hydroxylation is 1. The Morgan fingerprint density at radius 3 is 2.48 bits per heavy atom. The fraction of sp³-hybridized carbons (Fsp3) is 0.400. The third-order valence-electron chi connectivity index (χ3n) is 3.34. The van der Waals surface area contributed by atoms with Gasteiger partial charge in [0.2, 0.25) is 0 Å². The maximum atomic E-state index is 12.7. The third-order valence-corrected chi connectivity index (χ3v) is 3.34. The molecule has 0 aliphatic rings. The highest BCUT2D eigenvalue weighted by molar-refractivity contribution is 5.59. The molecule has 2 N–H and O–H groups in total. The highest BCUT2D eigenvalue weighted by Gasteiger charge is 2.31. The summed E-state index contributed by atoms with van der Waals surface area (Å²) in [6.45, 7) is 5.62. The van der Waals surface area contributed by atoms with Gasteiger partial charge in [0, 0.05) is 0 Å². The number of nitrogens with zero attached hydrogens (tertiary/aromatic N) is 3. The Balaban J connectivity index is 2.36. The van der Waals surface area contributed by atoms with Gasteiger partial charge in [0.25, 0.3) is 0 Å². The van der Waals surface area contributed by atoms with Gasteiger partial charge in [-0.15, -0.1) is 0 Å². The minimum absolute atomic E-state index is 0.0686. The van der Waals surface area contributed by atoms with E-state index in [2.05, 4.69) is 20.5 Å². The van der Waals surface area contributed by atoms with Gasteiger partial charge in [-0.3, -0.25) is 5.10 Å². The van der Waals surface area contributed by atoms with Crippen LogP contribution < -0.4 is 5.32 Å². The number of nitriles is 1. The number of nitrogens with one attached hydrogen (secondary N) is 2. The van der Waals surface area contributed by atoms with Crippen LogP contribution in [0.5, 0.6) is 0 Å². The van der Waals surface area contributed by atoms with Crippen molar-refractivity contribution in [3.05, 3.63) is 41.0 Å². The smallest absolute Gasteiger partial charge is 0.374 e. The first-order chi connectivity index (χ1) is 10.7. The normalized spacial score (nSPS) is 13.0. The SMILES string of the molecule is Cc1nc(C(Nc2ccc(C(F)(F)F)cc2C#N)C(C)C)n[nH]1. The van der Waals surface area contributed by atoms with E-state index in [-0.39, 0.29) is 17.5 Å². The first-order valence-corrected chi connectivity index (χ1v) is 6.99. The number of aromatic nitrogens is 3. The minimum atomic E-state index is -4.48. The average Bonchev–Trinajstić information content (AvgIpc) is 2.89. The zero-order valence-corrected chi connectivity index (χ0v) is 12.9. The quantitative estimate of drug-likeness (QED) is 0.897. The van der Waals surface area contributed by atoms with Crippen molar-refractivity contribution in [3.63, 3.8) is 0 Å². The van der Waals surface area contributed by atoms with E-state index in [1.54, 1.807) is 13.0 Å². The topological polar surface area (TPSA) is 77.4 Å². The molecule has 0 radical (unpaired) electrons. The Morgan fingerprint density at radius 2 is 2.00 bits per heavy atom. The van der Waals surface area contributed by atoms with Crippen molar-refractivity contribution < 1.29 is 13.2 Å². The molecule has 1 atom stereocenters. The van der Waals surface area contributed by atoms with Gasteiger partial charge >= 0.3 is 6.18 Å². The predicted octanol–water partition coefficient (Wildman–Crippen LogP) is 3.81. The number of anilines is 1. The molecule has 8 heteroatoms. The second kappa shape index (κ2) is 6.28. The van der Waals surface area contributed by atoms with Crippen LogP contribution in [0.1, 0.15) is 42.7 Å². The molecule has 2 rings (SSSR count). The first kappa shape index (κ1) is 16.8. The molecule has 2 aromatic rings. The molecule has 122 valence electrons. The van der Waals surface area contributed by atoms with Gasteiger partial charge in [0.05, 0.1) is 22.9 Å². The monoisotopic (exact) mass is 323 g/mol. The zero-order valence-electron chi connectivity index (χ0n) is 12.9. The summed E-state index contributed by atoms with van der Waals surface area (Å²) in [6, 6.07) is 4.51. The molecule has 0 aliphatic heterocycles. The molecule has 23 heavy (non-hydrogen) atoms. The Labute approximate surface area is 131 Å². The summed E-state index contributed by atoms with van der Waals surface area (Å²) in [7, 11) is 0. The summed E-state index contributed by atoms with van der Waals surface area (Å²) in [6.07, 6.45) is -4.48. The predicted molar refractivity (Wildman–Crippen MR) is 78.5 cm³/mol. The summed E-state index contributed by atoms with van der Waals surface area (Å²) < 4.78 is 38.2. The fourth-order valence-corrected chi connectivity index (χ4v) is 2.13. The molecule has 0 spiro atoms. The lowest BCUT2D eigenvalue weighted by Gasteiger charge is -2.21. The van der Waals surface area contributed by atoms with Crippen molar-refractivity contribution in [2.75, 3.05) is 5.32 Å². The van der Waals surface area contributed by atoms with Crippen molar-refractivity contribution >= 4 is 5.69 Å². The molecule has 1 aromatic carbocycles. The van der Waals surface area contributed by atoms with Crippen LogP contribution in [0.3, 0.4) is 0 Å². The van der Waals surface area contributed by atoms with Gasteiger partial charge < -0.3 is 5.32 Å². The lowest BCUT2D eigenvalue weighted by atomic mass is 10.0. The highest BCUT2D eigenvalue weighted by atomic mass is 19.4. The molecule has 0 saturated carbocycles. The van der Waals surface area contributed by atoms with Crippen molar-refractivity contribution in [3.8, 4) is 6.07 Å². The molecule has 1 unspecified atom stereocenters. The Morgan fingerprint density at radius 1 is 1.30 bits per heavy atom. The van der Waals surface area contributed by atoms with Crippen LogP contribution in [0.2, 0.25) is 0 Å². The first-order valence-electron chi connectivity index (χ1n) is 6.99. The average molecular weight is 323 g/mol. The van der Waals surface area contributed by atoms with E-state index in [4.69, 9.17) is 5.26 Å². The fourth-order valence-electron chi connectivity index (χ4n) is 2.13. The van der Waals surface area contributed by atoms with Crippen LogP contribution in [0.4, 0.5) is 18.9 Å². The van der Waals surface area contributed by atoms with Gasteiger partial charge in [-0.1, -0.05) is 13.8 Å². The lowest BCUT2D eigenvalue weighted by Crippen LogP contribution is -2.19. The molecular weight excluding hydrogens is 307 g/mol. The second-order valence-electron chi connectivity index (χ2n) is 5.51. The van der Waals surface area contributed by atoms with Crippen LogP contribution in [0, 0.1) is 24.2 Å². The van der Waals surface area contributed by atoms with E-state index >= 15 is 0 Å². The Bertz CT molecular complexity index is 727. The number of H-pyrrole nitrogens is 1. The molecule has 0 aliphatic carbocycles. The van der Waals surface area contributed by atoms with Gasteiger partial charge in [-0.25, -0.2) is 4.98 Å². The number of hydrogen-bond donors (Lipinski definition) is 2. The Hall–Kier alpha value is -2.56. The Kier molecular flexibility index (Phi) is 4.59. The third kappa shape index (κ3) is 3.80. The summed E-state index contributed by atoms with van der Waals surface area (Å²) in [4.78, 5) is 4.25. The number of hydrogen-bond acceptors (Lipinski definition) is 4. The minimum Gasteiger partial charge on any atom is -0.374 e. The van der Waals surface area contributed by atoms with E-state index in [1.165, 1.54) is 6.07 Å². The van der Waals surface area contributed by atoms with E-state index < -0.39 is 11.7 Å². The van der Waals surface area contributed by atoms with Crippen LogP contribution in [-0.2, 0) is 6.18 Å². The summed E-state index contributed by atoms with van der Waals surface area (Å²) in [5, 5.41) is 19.0. The largest absolute Gasteiger partial charge is 0.416 e.